The first-order valence-electron chi connectivity index (χ1n) is 5.60. The third-order valence-corrected chi connectivity index (χ3v) is 3.85. The van der Waals surface area contributed by atoms with Gasteiger partial charge in [-0.15, -0.1) is 0 Å². The van der Waals surface area contributed by atoms with Gasteiger partial charge in [-0.1, -0.05) is 27.5 Å². The number of carbonyl (C=O) groups is 1. The topological polar surface area (TPSA) is 29.1 Å². The molecule has 2 nitrogen and oxygen atoms in total. The highest BCUT2D eigenvalue weighted by Crippen LogP contribution is 2.22. The van der Waals surface area contributed by atoms with E-state index in [1.54, 1.807) is 18.2 Å². The van der Waals surface area contributed by atoms with Crippen LogP contribution in [0.4, 0.5) is 14.5 Å². The largest absolute Gasteiger partial charge is 0.322 e. The number of anilines is 1. The lowest BCUT2D eigenvalue weighted by molar-refractivity contribution is 0.102. The van der Waals surface area contributed by atoms with E-state index < -0.39 is 23.1 Å². The van der Waals surface area contributed by atoms with E-state index in [2.05, 4.69) is 21.2 Å². The fourth-order valence-corrected chi connectivity index (χ4v) is 2.01. The Morgan fingerprint density at radius 2 is 1.90 bits per heavy atom. The first-order valence-corrected chi connectivity index (χ1v) is 6.77. The number of amides is 1. The summed E-state index contributed by atoms with van der Waals surface area (Å²) in [4.78, 5) is 11.9. The van der Waals surface area contributed by atoms with Crippen LogP contribution in [0.3, 0.4) is 0 Å². The van der Waals surface area contributed by atoms with E-state index in [9.17, 15) is 13.6 Å². The highest BCUT2D eigenvalue weighted by molar-refractivity contribution is 9.10. The molecule has 2 aromatic carbocycles. The lowest BCUT2D eigenvalue weighted by Gasteiger charge is -2.08. The van der Waals surface area contributed by atoms with Gasteiger partial charge in [0.25, 0.3) is 5.91 Å². The van der Waals surface area contributed by atoms with Gasteiger partial charge in [0, 0.05) is 10.2 Å². The predicted molar refractivity (Wildman–Crippen MR) is 78.2 cm³/mol. The Hall–Kier alpha value is -1.46. The molecule has 2 aromatic rings. The van der Waals surface area contributed by atoms with Gasteiger partial charge in [0.1, 0.15) is 11.6 Å². The Morgan fingerprint density at radius 1 is 1.20 bits per heavy atom. The number of aryl methyl sites for hydroxylation is 1. The predicted octanol–water partition coefficient (Wildman–Crippen LogP) is 4.94. The zero-order chi connectivity index (χ0) is 14.9. The molecule has 0 unspecified atom stereocenters. The summed E-state index contributed by atoms with van der Waals surface area (Å²) >= 11 is 8.77. The van der Waals surface area contributed by atoms with Crippen LogP contribution in [0.25, 0.3) is 0 Å². The van der Waals surface area contributed by atoms with Crippen LogP contribution in [0, 0.1) is 18.6 Å². The van der Waals surface area contributed by atoms with Crippen molar-refractivity contribution in [2.75, 3.05) is 5.32 Å². The molecular formula is C14H9BrClF2NO. The van der Waals surface area contributed by atoms with Gasteiger partial charge in [-0.05, 0) is 42.8 Å². The summed E-state index contributed by atoms with van der Waals surface area (Å²) in [6.07, 6.45) is 0. The average Bonchev–Trinajstić information content (AvgIpc) is 2.38. The van der Waals surface area contributed by atoms with Crippen molar-refractivity contribution < 1.29 is 13.6 Å². The summed E-state index contributed by atoms with van der Waals surface area (Å²) in [6, 6.07) is 6.67. The van der Waals surface area contributed by atoms with Crippen molar-refractivity contribution in [3.05, 3.63) is 62.6 Å². The highest BCUT2D eigenvalue weighted by atomic mass is 79.9. The number of nitrogens with one attached hydrogen (secondary N) is 1. The Labute approximate surface area is 127 Å². The monoisotopic (exact) mass is 359 g/mol. The summed E-state index contributed by atoms with van der Waals surface area (Å²) in [7, 11) is 0. The number of rotatable bonds is 2. The van der Waals surface area contributed by atoms with Crippen LogP contribution < -0.4 is 5.32 Å². The summed E-state index contributed by atoms with van der Waals surface area (Å²) < 4.78 is 27.8. The van der Waals surface area contributed by atoms with E-state index in [-0.39, 0.29) is 5.02 Å². The van der Waals surface area contributed by atoms with Crippen molar-refractivity contribution in [2.45, 2.75) is 6.92 Å². The maximum Gasteiger partial charge on any atom is 0.258 e. The molecule has 0 aliphatic heterocycles. The van der Waals surface area contributed by atoms with Gasteiger partial charge in [-0.3, -0.25) is 4.79 Å². The number of benzene rings is 2. The van der Waals surface area contributed by atoms with Gasteiger partial charge in [-0.2, -0.15) is 0 Å². The minimum atomic E-state index is -0.872. The van der Waals surface area contributed by atoms with Crippen molar-refractivity contribution in [1.82, 2.24) is 0 Å². The molecule has 0 bridgehead atoms. The zero-order valence-electron chi connectivity index (χ0n) is 10.3. The summed E-state index contributed by atoms with van der Waals surface area (Å²) in [5.41, 5.74) is 1.00. The zero-order valence-corrected chi connectivity index (χ0v) is 12.6. The lowest BCUT2D eigenvalue weighted by atomic mass is 10.1. The van der Waals surface area contributed by atoms with Crippen molar-refractivity contribution >= 4 is 39.1 Å². The molecule has 0 fully saturated rings. The molecule has 0 spiro atoms. The molecule has 0 saturated carbocycles. The molecule has 0 heterocycles. The third kappa shape index (κ3) is 3.16. The molecule has 1 amide bonds. The second kappa shape index (κ2) is 5.89. The number of hydrogen-bond donors (Lipinski definition) is 1. The molecule has 2 rings (SSSR count). The Morgan fingerprint density at radius 3 is 2.55 bits per heavy atom. The Bertz CT molecular complexity index is 691. The van der Waals surface area contributed by atoms with Crippen LogP contribution >= 0.6 is 27.5 Å². The molecule has 0 radical (unpaired) electrons. The fraction of sp³-hybridized carbons (Fsp3) is 0.0714. The van der Waals surface area contributed by atoms with Gasteiger partial charge < -0.3 is 5.32 Å². The quantitative estimate of drug-likeness (QED) is 0.755. The van der Waals surface area contributed by atoms with Gasteiger partial charge in [0.2, 0.25) is 0 Å². The maximum atomic E-state index is 13.6. The second-order valence-electron chi connectivity index (χ2n) is 4.16. The second-order valence-corrected chi connectivity index (χ2v) is 5.43. The smallest absolute Gasteiger partial charge is 0.258 e. The van der Waals surface area contributed by atoms with E-state index in [0.29, 0.717) is 5.69 Å². The van der Waals surface area contributed by atoms with Crippen molar-refractivity contribution in [3.8, 4) is 0 Å². The first-order chi connectivity index (χ1) is 9.38. The summed E-state index contributed by atoms with van der Waals surface area (Å²) in [5.74, 6) is -2.45. The molecule has 1 N–H and O–H groups in total. The van der Waals surface area contributed by atoms with E-state index in [4.69, 9.17) is 11.6 Å². The minimum Gasteiger partial charge on any atom is -0.322 e. The molecule has 6 heteroatoms. The van der Waals surface area contributed by atoms with Gasteiger partial charge in [0.05, 0.1) is 10.6 Å². The van der Waals surface area contributed by atoms with Crippen LogP contribution in [0.5, 0.6) is 0 Å². The Balaban J connectivity index is 2.28. The van der Waals surface area contributed by atoms with Crippen molar-refractivity contribution in [3.63, 3.8) is 0 Å². The minimum absolute atomic E-state index is 0.362. The summed E-state index contributed by atoms with van der Waals surface area (Å²) in [5, 5.41) is 2.14. The maximum absolute atomic E-state index is 13.6. The van der Waals surface area contributed by atoms with E-state index in [1.165, 1.54) is 0 Å². The molecule has 20 heavy (non-hydrogen) atoms. The molecule has 0 aliphatic carbocycles. The highest BCUT2D eigenvalue weighted by Gasteiger charge is 2.15. The van der Waals surface area contributed by atoms with Crippen LogP contribution in [0.2, 0.25) is 5.02 Å². The van der Waals surface area contributed by atoms with Crippen molar-refractivity contribution in [1.29, 1.82) is 0 Å². The average molecular weight is 361 g/mol. The SMILES string of the molecule is Cc1cc(NC(=O)c2cc(F)c(Cl)cc2F)ccc1Br. The number of hydrogen-bond acceptors (Lipinski definition) is 1. The molecule has 0 aromatic heterocycles. The van der Waals surface area contributed by atoms with E-state index in [1.807, 2.05) is 6.92 Å². The molecular weight excluding hydrogens is 352 g/mol. The molecule has 0 saturated heterocycles. The van der Waals surface area contributed by atoms with Crippen LogP contribution in [-0.4, -0.2) is 5.91 Å². The Kier molecular flexibility index (Phi) is 4.40. The van der Waals surface area contributed by atoms with E-state index in [0.717, 1.165) is 22.2 Å². The fourth-order valence-electron chi connectivity index (χ4n) is 1.62. The van der Waals surface area contributed by atoms with E-state index >= 15 is 0 Å². The lowest BCUT2D eigenvalue weighted by Crippen LogP contribution is -2.14. The molecule has 104 valence electrons. The van der Waals surface area contributed by atoms with Gasteiger partial charge in [0.15, 0.2) is 0 Å². The normalized spacial score (nSPS) is 10.4. The van der Waals surface area contributed by atoms with Crippen molar-refractivity contribution in [2.24, 2.45) is 0 Å². The standard InChI is InChI=1S/C14H9BrClF2NO/c1-7-4-8(2-3-10(7)15)19-14(20)9-5-13(18)11(16)6-12(9)17/h2-6H,1H3,(H,19,20). The van der Waals surface area contributed by atoms with Gasteiger partial charge in [-0.25, -0.2) is 8.78 Å². The number of carbonyl (C=O) groups excluding carboxylic acids is 1. The first kappa shape index (κ1) is 14.9. The number of halogens is 4. The van der Waals surface area contributed by atoms with Crippen LogP contribution in [-0.2, 0) is 0 Å². The summed E-state index contributed by atoms with van der Waals surface area (Å²) in [6.45, 7) is 1.85. The van der Waals surface area contributed by atoms with Crippen LogP contribution in [0.1, 0.15) is 15.9 Å². The molecule has 0 aliphatic rings. The molecule has 0 atom stereocenters. The van der Waals surface area contributed by atoms with Crippen LogP contribution in [0.15, 0.2) is 34.8 Å². The third-order valence-electron chi connectivity index (χ3n) is 2.67. The van der Waals surface area contributed by atoms with Gasteiger partial charge >= 0.3 is 0 Å².